The number of likely N-dealkylation sites (N-methyl/N-ethyl adjacent to an activating group) is 1. The number of rotatable bonds is 5. The number of halogens is 1. The summed E-state index contributed by atoms with van der Waals surface area (Å²) in [6.07, 6.45) is 8.54. The van der Waals surface area contributed by atoms with Crippen LogP contribution in [0.25, 0.3) is 0 Å². The molecule has 0 saturated carbocycles. The number of carbonyl (C=O) groups excluding carboxylic acids is 3. The zero-order chi connectivity index (χ0) is 26.7. The van der Waals surface area contributed by atoms with Crippen molar-refractivity contribution in [3.05, 3.63) is 53.6 Å². The number of thioether (sulfide) groups is 1. The molecule has 37 heavy (non-hydrogen) atoms. The first kappa shape index (κ1) is 26.3. The largest absolute Gasteiger partial charge is 0.394 e. The number of fused-ring (bicyclic) bond motifs is 2. The molecule has 4 heterocycles. The van der Waals surface area contributed by atoms with Crippen molar-refractivity contribution >= 4 is 46.8 Å². The second-order valence-corrected chi connectivity index (χ2v) is 13.4. The van der Waals surface area contributed by atoms with Crippen molar-refractivity contribution in [3.8, 4) is 0 Å². The molecule has 2 saturated heterocycles. The first-order chi connectivity index (χ1) is 17.5. The molecule has 1 aromatic rings. The van der Waals surface area contributed by atoms with Gasteiger partial charge in [-0.2, -0.15) is 0 Å². The van der Waals surface area contributed by atoms with Crippen LogP contribution in [0.5, 0.6) is 0 Å². The van der Waals surface area contributed by atoms with E-state index in [0.29, 0.717) is 30.2 Å². The molecule has 6 atom stereocenters. The predicted molar refractivity (Wildman–Crippen MR) is 146 cm³/mol. The Morgan fingerprint density at radius 2 is 1.70 bits per heavy atom. The van der Waals surface area contributed by atoms with E-state index in [1.165, 1.54) is 0 Å². The highest BCUT2D eigenvalue weighted by atomic mass is 35.5. The minimum absolute atomic E-state index is 0.0834. The Morgan fingerprint density at radius 3 is 2.35 bits per heavy atom. The number of likely N-dealkylation sites (tertiary alicyclic amines) is 1. The van der Waals surface area contributed by atoms with E-state index in [9.17, 15) is 19.5 Å². The molecule has 5 rings (SSSR count). The van der Waals surface area contributed by atoms with Gasteiger partial charge in [0.15, 0.2) is 0 Å². The molecule has 9 heteroatoms. The molecule has 1 unspecified atom stereocenters. The lowest BCUT2D eigenvalue weighted by Crippen LogP contribution is -2.57. The third-order valence-corrected chi connectivity index (χ3v) is 10.2. The monoisotopic (exact) mass is 543 g/mol. The van der Waals surface area contributed by atoms with E-state index >= 15 is 0 Å². The van der Waals surface area contributed by atoms with Crippen molar-refractivity contribution < 1.29 is 19.5 Å². The second kappa shape index (κ2) is 9.47. The minimum Gasteiger partial charge on any atom is -0.394 e. The standard InChI is InChI=1S/C28H34ClN3O4S/c1-17(2)15-20(16-33)32-23-26(36)31(19-9-7-18(29)8-10-19)14-6-12-28(23)22(25(32)35)21-24(34)30(4)13-5-11-27(21,3)37-28/h5-12,17,20-23,33H,13-16H2,1-4H3/t20-,21+,22+,23?,27-,28+/m1/s1. The molecule has 4 aliphatic heterocycles. The summed E-state index contributed by atoms with van der Waals surface area (Å²) >= 11 is 7.67. The van der Waals surface area contributed by atoms with E-state index in [4.69, 9.17) is 11.6 Å². The summed E-state index contributed by atoms with van der Waals surface area (Å²) in [4.78, 5) is 47.6. The van der Waals surface area contributed by atoms with Crippen molar-refractivity contribution in [1.82, 2.24) is 9.80 Å². The van der Waals surface area contributed by atoms with Gasteiger partial charge in [0.05, 0.1) is 29.2 Å². The van der Waals surface area contributed by atoms with Crippen LogP contribution < -0.4 is 4.90 Å². The number of nitrogens with zero attached hydrogens (tertiary/aromatic N) is 3. The molecular formula is C28H34ClN3O4S. The molecule has 1 spiro atoms. The second-order valence-electron chi connectivity index (χ2n) is 11.2. The van der Waals surface area contributed by atoms with Gasteiger partial charge < -0.3 is 19.8 Å². The Labute approximate surface area is 227 Å². The van der Waals surface area contributed by atoms with Gasteiger partial charge in [-0.05, 0) is 43.5 Å². The van der Waals surface area contributed by atoms with E-state index in [1.54, 1.807) is 57.8 Å². The van der Waals surface area contributed by atoms with Crippen LogP contribution in [0.2, 0.25) is 5.02 Å². The summed E-state index contributed by atoms with van der Waals surface area (Å²) in [5, 5.41) is 11.0. The molecule has 4 aliphatic rings. The molecule has 198 valence electrons. The van der Waals surface area contributed by atoms with Crippen LogP contribution in [0.4, 0.5) is 5.69 Å². The van der Waals surface area contributed by atoms with Crippen LogP contribution in [-0.4, -0.2) is 80.9 Å². The highest BCUT2D eigenvalue weighted by Crippen LogP contribution is 2.66. The third kappa shape index (κ3) is 4.03. The summed E-state index contributed by atoms with van der Waals surface area (Å²) < 4.78 is -1.57. The van der Waals surface area contributed by atoms with Crippen molar-refractivity contribution in [2.45, 2.75) is 48.8 Å². The van der Waals surface area contributed by atoms with Gasteiger partial charge in [0.25, 0.3) is 5.91 Å². The van der Waals surface area contributed by atoms with Crippen LogP contribution in [0, 0.1) is 17.8 Å². The predicted octanol–water partition coefficient (Wildman–Crippen LogP) is 3.37. The van der Waals surface area contributed by atoms with Gasteiger partial charge in [-0.3, -0.25) is 14.4 Å². The van der Waals surface area contributed by atoms with Crippen molar-refractivity contribution in [3.63, 3.8) is 0 Å². The molecule has 0 aromatic heterocycles. The van der Waals surface area contributed by atoms with Crippen LogP contribution >= 0.6 is 23.4 Å². The van der Waals surface area contributed by atoms with Gasteiger partial charge in [-0.25, -0.2) is 0 Å². The molecule has 0 bridgehead atoms. The maximum Gasteiger partial charge on any atom is 0.251 e. The van der Waals surface area contributed by atoms with E-state index in [2.05, 4.69) is 0 Å². The first-order valence-electron chi connectivity index (χ1n) is 12.8. The Morgan fingerprint density at radius 1 is 1.03 bits per heavy atom. The lowest BCUT2D eigenvalue weighted by molar-refractivity contribution is -0.145. The fourth-order valence-corrected chi connectivity index (χ4v) is 8.92. The van der Waals surface area contributed by atoms with Gasteiger partial charge in [-0.15, -0.1) is 11.8 Å². The maximum absolute atomic E-state index is 14.5. The highest BCUT2D eigenvalue weighted by molar-refractivity contribution is 8.02. The van der Waals surface area contributed by atoms with Gasteiger partial charge >= 0.3 is 0 Å². The summed E-state index contributed by atoms with van der Waals surface area (Å²) in [5.41, 5.74) is 0.690. The average molecular weight is 544 g/mol. The molecule has 1 aromatic carbocycles. The summed E-state index contributed by atoms with van der Waals surface area (Å²) in [5.74, 6) is -1.63. The van der Waals surface area contributed by atoms with E-state index < -0.39 is 33.4 Å². The smallest absolute Gasteiger partial charge is 0.251 e. The van der Waals surface area contributed by atoms with Gasteiger partial charge in [0.2, 0.25) is 11.8 Å². The summed E-state index contributed by atoms with van der Waals surface area (Å²) in [7, 11) is 1.76. The van der Waals surface area contributed by atoms with Crippen LogP contribution in [-0.2, 0) is 14.4 Å². The molecule has 1 N–H and O–H groups in total. The van der Waals surface area contributed by atoms with Crippen molar-refractivity contribution in [1.29, 1.82) is 0 Å². The number of benzene rings is 1. The number of carbonyl (C=O) groups is 3. The normalized spacial score (nSPS) is 34.0. The molecule has 7 nitrogen and oxygen atoms in total. The third-order valence-electron chi connectivity index (χ3n) is 8.18. The Balaban J connectivity index is 1.68. The minimum atomic E-state index is -0.933. The Bertz CT molecular complexity index is 1170. The van der Waals surface area contributed by atoms with E-state index in [0.717, 1.165) is 0 Å². The maximum atomic E-state index is 14.5. The van der Waals surface area contributed by atoms with Crippen molar-refractivity contribution in [2.24, 2.45) is 17.8 Å². The quantitative estimate of drug-likeness (QED) is 0.576. The van der Waals surface area contributed by atoms with Gasteiger partial charge in [-0.1, -0.05) is 49.8 Å². The summed E-state index contributed by atoms with van der Waals surface area (Å²) in [6, 6.07) is 5.71. The number of amides is 3. The van der Waals surface area contributed by atoms with Crippen LogP contribution in [0.15, 0.2) is 48.6 Å². The van der Waals surface area contributed by atoms with Gasteiger partial charge in [0.1, 0.15) is 6.04 Å². The zero-order valence-electron chi connectivity index (χ0n) is 21.6. The Hall–Kier alpha value is -2.29. The van der Waals surface area contributed by atoms with Gasteiger partial charge in [0, 0.05) is 35.6 Å². The SMILES string of the molecule is CC(C)C[C@H](CO)N1C(=O)[C@@H]2[C@H]3C(=O)N(C)CC=C[C@@]3(C)S[C@@]23C=CCN(c2ccc(Cl)cc2)C(=O)C13. The molecule has 0 radical (unpaired) electrons. The highest BCUT2D eigenvalue weighted by Gasteiger charge is 2.74. The fraction of sp³-hybridized carbons (Fsp3) is 0.536. The number of anilines is 1. The molecule has 3 amide bonds. The lowest BCUT2D eigenvalue weighted by atomic mass is 9.74. The molecule has 2 fully saturated rings. The fourth-order valence-electron chi connectivity index (χ4n) is 6.65. The summed E-state index contributed by atoms with van der Waals surface area (Å²) in [6.45, 7) is 6.66. The number of aliphatic hydroxyl groups is 1. The van der Waals surface area contributed by atoms with Crippen LogP contribution in [0.1, 0.15) is 27.2 Å². The number of aliphatic hydroxyl groups excluding tert-OH is 1. The van der Waals surface area contributed by atoms with Crippen LogP contribution in [0.3, 0.4) is 0 Å². The average Bonchev–Trinajstić information content (AvgIpc) is 3.13. The number of hydrogen-bond acceptors (Lipinski definition) is 5. The van der Waals surface area contributed by atoms with Crippen molar-refractivity contribution in [2.75, 3.05) is 31.6 Å². The van der Waals surface area contributed by atoms with E-state index in [-0.39, 0.29) is 30.2 Å². The number of hydrogen-bond donors (Lipinski definition) is 1. The zero-order valence-corrected chi connectivity index (χ0v) is 23.2. The molecule has 0 aliphatic carbocycles. The first-order valence-corrected chi connectivity index (χ1v) is 14.0. The van der Waals surface area contributed by atoms with E-state index in [1.807, 2.05) is 45.1 Å². The Kier molecular flexibility index (Phi) is 6.74. The lowest BCUT2D eigenvalue weighted by Gasteiger charge is -2.40. The topological polar surface area (TPSA) is 81.2 Å². The molecular weight excluding hydrogens is 510 g/mol.